The molecule has 2 atom stereocenters. The van der Waals surface area contributed by atoms with Crippen LogP contribution in [0.3, 0.4) is 0 Å². The molecule has 1 aromatic rings. The van der Waals surface area contributed by atoms with Crippen LogP contribution in [-0.2, 0) is 11.3 Å². The van der Waals surface area contributed by atoms with Gasteiger partial charge in [0.2, 0.25) is 0 Å². The first-order valence-corrected chi connectivity index (χ1v) is 7.27. The summed E-state index contributed by atoms with van der Waals surface area (Å²) in [5.41, 5.74) is 1.16. The van der Waals surface area contributed by atoms with Crippen LogP contribution in [0.5, 0.6) is 5.75 Å². The van der Waals surface area contributed by atoms with E-state index in [0.29, 0.717) is 0 Å². The van der Waals surface area contributed by atoms with Crippen molar-refractivity contribution in [3.63, 3.8) is 0 Å². The molecule has 0 radical (unpaired) electrons. The molecule has 0 aliphatic heterocycles. The SMILES string of the molecule is COc1cccc(CNCC2CCCCC2C(=O)O)c1. The molecule has 1 aliphatic rings. The van der Waals surface area contributed by atoms with Gasteiger partial charge in [0.1, 0.15) is 5.75 Å². The van der Waals surface area contributed by atoms with Crippen molar-refractivity contribution in [2.75, 3.05) is 13.7 Å². The van der Waals surface area contributed by atoms with Crippen LogP contribution >= 0.6 is 0 Å². The Kier molecular flexibility index (Phi) is 5.41. The normalized spacial score (nSPS) is 22.4. The molecule has 1 fully saturated rings. The number of benzene rings is 1. The van der Waals surface area contributed by atoms with Crippen molar-refractivity contribution in [3.05, 3.63) is 29.8 Å². The van der Waals surface area contributed by atoms with Gasteiger partial charge >= 0.3 is 5.97 Å². The summed E-state index contributed by atoms with van der Waals surface area (Å²) in [6.07, 6.45) is 4.03. The van der Waals surface area contributed by atoms with Gasteiger partial charge in [0.15, 0.2) is 0 Å². The van der Waals surface area contributed by atoms with Crippen molar-refractivity contribution < 1.29 is 14.6 Å². The summed E-state index contributed by atoms with van der Waals surface area (Å²) >= 11 is 0. The minimum atomic E-state index is -0.641. The highest BCUT2D eigenvalue weighted by atomic mass is 16.5. The number of rotatable bonds is 6. The summed E-state index contributed by atoms with van der Waals surface area (Å²) in [4.78, 5) is 11.2. The molecule has 1 saturated carbocycles. The Morgan fingerprint density at radius 3 is 2.95 bits per heavy atom. The van der Waals surface area contributed by atoms with E-state index in [-0.39, 0.29) is 11.8 Å². The molecule has 0 heterocycles. The third-order valence-corrected chi connectivity index (χ3v) is 4.10. The molecule has 1 aromatic carbocycles. The first-order valence-electron chi connectivity index (χ1n) is 7.27. The molecule has 0 amide bonds. The predicted octanol–water partition coefficient (Wildman–Crippen LogP) is 2.68. The third kappa shape index (κ3) is 3.97. The molecular formula is C16H23NO3. The van der Waals surface area contributed by atoms with Crippen LogP contribution in [0, 0.1) is 11.8 Å². The minimum Gasteiger partial charge on any atom is -0.497 e. The molecule has 2 rings (SSSR count). The Morgan fingerprint density at radius 2 is 2.20 bits per heavy atom. The number of methoxy groups -OCH3 is 1. The van der Waals surface area contributed by atoms with Crippen LogP contribution in [0.4, 0.5) is 0 Å². The lowest BCUT2D eigenvalue weighted by molar-refractivity contribution is -0.144. The zero-order chi connectivity index (χ0) is 14.4. The van der Waals surface area contributed by atoms with Crippen LogP contribution in [-0.4, -0.2) is 24.7 Å². The molecule has 0 aromatic heterocycles. The van der Waals surface area contributed by atoms with Gasteiger partial charge in [-0.3, -0.25) is 4.79 Å². The molecule has 0 spiro atoms. The van der Waals surface area contributed by atoms with Crippen LogP contribution < -0.4 is 10.1 Å². The second-order valence-electron chi connectivity index (χ2n) is 5.47. The molecule has 2 N–H and O–H groups in total. The van der Waals surface area contributed by atoms with E-state index < -0.39 is 5.97 Å². The van der Waals surface area contributed by atoms with Gasteiger partial charge in [-0.25, -0.2) is 0 Å². The fourth-order valence-corrected chi connectivity index (χ4v) is 2.96. The molecular weight excluding hydrogens is 254 g/mol. The molecule has 4 nitrogen and oxygen atoms in total. The number of aliphatic carboxylic acids is 1. The van der Waals surface area contributed by atoms with E-state index in [1.807, 2.05) is 24.3 Å². The predicted molar refractivity (Wildman–Crippen MR) is 77.8 cm³/mol. The van der Waals surface area contributed by atoms with Crippen molar-refractivity contribution in [2.45, 2.75) is 32.2 Å². The number of carbonyl (C=O) groups is 1. The largest absolute Gasteiger partial charge is 0.497 e. The standard InChI is InChI=1S/C16H23NO3/c1-20-14-7-4-5-12(9-14)10-17-11-13-6-2-3-8-15(13)16(18)19/h4-5,7,9,13,15,17H,2-3,6,8,10-11H2,1H3,(H,18,19). The number of hydrogen-bond donors (Lipinski definition) is 2. The van der Waals surface area contributed by atoms with Crippen molar-refractivity contribution >= 4 is 5.97 Å². The van der Waals surface area contributed by atoms with Crippen LogP contribution in [0.2, 0.25) is 0 Å². The Hall–Kier alpha value is -1.55. The van der Waals surface area contributed by atoms with E-state index in [4.69, 9.17) is 4.74 Å². The maximum atomic E-state index is 11.2. The monoisotopic (exact) mass is 277 g/mol. The van der Waals surface area contributed by atoms with E-state index in [9.17, 15) is 9.90 Å². The average molecular weight is 277 g/mol. The van der Waals surface area contributed by atoms with Gasteiger partial charge in [-0.05, 0) is 43.0 Å². The maximum absolute atomic E-state index is 11.2. The van der Waals surface area contributed by atoms with E-state index in [1.165, 1.54) is 0 Å². The van der Waals surface area contributed by atoms with Crippen LogP contribution in [0.1, 0.15) is 31.2 Å². The third-order valence-electron chi connectivity index (χ3n) is 4.10. The maximum Gasteiger partial charge on any atom is 0.306 e. The zero-order valence-electron chi connectivity index (χ0n) is 12.0. The Bertz CT molecular complexity index is 447. The minimum absolute atomic E-state index is 0.179. The van der Waals surface area contributed by atoms with E-state index >= 15 is 0 Å². The van der Waals surface area contributed by atoms with Gasteiger partial charge in [0.25, 0.3) is 0 Å². The molecule has 2 unspecified atom stereocenters. The Balaban J connectivity index is 1.83. The van der Waals surface area contributed by atoms with Gasteiger partial charge in [0, 0.05) is 6.54 Å². The lowest BCUT2D eigenvalue weighted by atomic mass is 9.79. The highest BCUT2D eigenvalue weighted by Gasteiger charge is 2.30. The Morgan fingerprint density at radius 1 is 1.40 bits per heavy atom. The first-order chi connectivity index (χ1) is 9.70. The summed E-state index contributed by atoms with van der Waals surface area (Å²) in [5, 5.41) is 12.6. The molecule has 4 heteroatoms. The van der Waals surface area contributed by atoms with Gasteiger partial charge in [-0.1, -0.05) is 25.0 Å². The number of ether oxygens (including phenoxy) is 1. The fourth-order valence-electron chi connectivity index (χ4n) is 2.96. The zero-order valence-corrected chi connectivity index (χ0v) is 12.0. The average Bonchev–Trinajstić information content (AvgIpc) is 2.48. The second-order valence-corrected chi connectivity index (χ2v) is 5.47. The van der Waals surface area contributed by atoms with Gasteiger partial charge in [-0.15, -0.1) is 0 Å². The summed E-state index contributed by atoms with van der Waals surface area (Å²) in [7, 11) is 1.66. The van der Waals surface area contributed by atoms with Crippen molar-refractivity contribution in [1.82, 2.24) is 5.32 Å². The number of carboxylic acid groups (broad SMARTS) is 1. The number of hydrogen-bond acceptors (Lipinski definition) is 3. The molecule has 110 valence electrons. The van der Waals surface area contributed by atoms with Crippen LogP contribution in [0.25, 0.3) is 0 Å². The van der Waals surface area contributed by atoms with Gasteiger partial charge in [0.05, 0.1) is 13.0 Å². The lowest BCUT2D eigenvalue weighted by Crippen LogP contribution is -2.34. The van der Waals surface area contributed by atoms with Crippen LogP contribution in [0.15, 0.2) is 24.3 Å². The first kappa shape index (κ1) is 14.9. The number of carboxylic acids is 1. The summed E-state index contributed by atoms with van der Waals surface area (Å²) in [6, 6.07) is 7.94. The van der Waals surface area contributed by atoms with Crippen molar-refractivity contribution in [3.8, 4) is 5.75 Å². The smallest absolute Gasteiger partial charge is 0.306 e. The van der Waals surface area contributed by atoms with Gasteiger partial charge < -0.3 is 15.2 Å². The van der Waals surface area contributed by atoms with Crippen molar-refractivity contribution in [1.29, 1.82) is 0 Å². The molecule has 0 saturated heterocycles. The van der Waals surface area contributed by atoms with E-state index in [0.717, 1.165) is 50.1 Å². The van der Waals surface area contributed by atoms with E-state index in [1.54, 1.807) is 7.11 Å². The lowest BCUT2D eigenvalue weighted by Gasteiger charge is -2.28. The molecule has 0 bridgehead atoms. The second kappa shape index (κ2) is 7.29. The molecule has 20 heavy (non-hydrogen) atoms. The highest BCUT2D eigenvalue weighted by Crippen LogP contribution is 2.29. The summed E-state index contributed by atoms with van der Waals surface area (Å²) < 4.78 is 5.19. The summed E-state index contributed by atoms with van der Waals surface area (Å²) in [5.74, 6) is 0.289. The van der Waals surface area contributed by atoms with Crippen molar-refractivity contribution in [2.24, 2.45) is 11.8 Å². The topological polar surface area (TPSA) is 58.6 Å². The highest BCUT2D eigenvalue weighted by molar-refractivity contribution is 5.70. The number of nitrogens with one attached hydrogen (secondary N) is 1. The Labute approximate surface area is 120 Å². The summed E-state index contributed by atoms with van der Waals surface area (Å²) in [6.45, 7) is 1.52. The van der Waals surface area contributed by atoms with Gasteiger partial charge in [-0.2, -0.15) is 0 Å². The molecule has 1 aliphatic carbocycles. The van der Waals surface area contributed by atoms with E-state index in [2.05, 4.69) is 5.32 Å². The quantitative estimate of drug-likeness (QED) is 0.839. The fraction of sp³-hybridized carbons (Fsp3) is 0.562.